The summed E-state index contributed by atoms with van der Waals surface area (Å²) in [6, 6.07) is 13.8. The Balaban J connectivity index is 1.68. The number of unbranched alkanes of at least 4 members (excludes halogenated alkanes) is 1. The van der Waals surface area contributed by atoms with E-state index in [1.165, 1.54) is 5.56 Å². The summed E-state index contributed by atoms with van der Waals surface area (Å²) in [6.07, 6.45) is 3.40. The summed E-state index contributed by atoms with van der Waals surface area (Å²) in [7, 11) is 0. The molecule has 6 heteroatoms. The molecule has 0 fully saturated rings. The fraction of sp³-hybridized carbons (Fsp3) is 0.348. The molecule has 0 radical (unpaired) electrons. The Bertz CT molecular complexity index is 995. The van der Waals surface area contributed by atoms with Crippen LogP contribution in [-0.4, -0.2) is 16.0 Å². The minimum absolute atomic E-state index is 0.0655. The van der Waals surface area contributed by atoms with Crippen molar-refractivity contribution in [2.45, 2.75) is 52.4 Å². The molecule has 1 aromatic heterocycles. The molecule has 0 saturated carbocycles. The van der Waals surface area contributed by atoms with Crippen LogP contribution in [0.2, 0.25) is 0 Å². The average molecular weight is 410 g/mol. The minimum atomic E-state index is -0.0655. The van der Waals surface area contributed by atoms with Gasteiger partial charge in [-0.1, -0.05) is 33.3 Å². The van der Waals surface area contributed by atoms with Crippen molar-refractivity contribution in [3.63, 3.8) is 0 Å². The second kappa shape index (κ2) is 9.65. The van der Waals surface area contributed by atoms with Crippen molar-refractivity contribution < 1.29 is 9.21 Å². The Morgan fingerprint density at radius 2 is 1.93 bits per heavy atom. The number of hydrogen-bond donors (Lipinski definition) is 2. The monoisotopic (exact) mass is 409 g/mol. The van der Waals surface area contributed by atoms with Crippen molar-refractivity contribution >= 4 is 40.0 Å². The van der Waals surface area contributed by atoms with Crippen molar-refractivity contribution in [3.8, 4) is 11.5 Å². The summed E-state index contributed by atoms with van der Waals surface area (Å²) in [4.78, 5) is 16.4. The lowest BCUT2D eigenvalue weighted by Crippen LogP contribution is -2.33. The molecule has 29 heavy (non-hydrogen) atoms. The van der Waals surface area contributed by atoms with Crippen LogP contribution in [0.1, 0.15) is 57.9 Å². The maximum atomic E-state index is 11.8. The van der Waals surface area contributed by atoms with Crippen LogP contribution in [0.15, 0.2) is 46.9 Å². The number of anilines is 1. The fourth-order valence-corrected chi connectivity index (χ4v) is 3.23. The highest BCUT2D eigenvalue weighted by Gasteiger charge is 2.11. The maximum absolute atomic E-state index is 11.8. The lowest BCUT2D eigenvalue weighted by atomic mass is 9.98. The number of carbonyl (C=O) groups excluding carboxylic acids is 1. The number of thiocarbonyl (C=S) groups is 1. The van der Waals surface area contributed by atoms with Gasteiger partial charge in [0.25, 0.3) is 0 Å². The highest BCUT2D eigenvalue weighted by molar-refractivity contribution is 7.80. The zero-order chi connectivity index (χ0) is 20.8. The number of carbonyl (C=O) groups is 1. The Labute approximate surface area is 176 Å². The largest absolute Gasteiger partial charge is 0.436 e. The predicted molar refractivity (Wildman–Crippen MR) is 122 cm³/mol. The molecule has 5 nitrogen and oxygen atoms in total. The molecule has 0 aliphatic heterocycles. The normalized spacial score (nSPS) is 12.0. The van der Waals surface area contributed by atoms with Crippen molar-refractivity contribution in [3.05, 3.63) is 48.0 Å². The summed E-state index contributed by atoms with van der Waals surface area (Å²) in [5.74, 6) is 1.02. The SMILES string of the molecule is CCCCC(=O)NC(=S)Nc1ccc(-c2nc3cc([C@@H](C)CC)ccc3o2)cc1. The van der Waals surface area contributed by atoms with E-state index in [4.69, 9.17) is 16.6 Å². The fourth-order valence-electron chi connectivity index (χ4n) is 3.00. The van der Waals surface area contributed by atoms with Crippen LogP contribution in [0.25, 0.3) is 22.6 Å². The maximum Gasteiger partial charge on any atom is 0.227 e. The number of rotatable bonds is 7. The van der Waals surface area contributed by atoms with Gasteiger partial charge in [-0.25, -0.2) is 4.98 Å². The van der Waals surface area contributed by atoms with Gasteiger partial charge in [-0.05, 0) is 72.9 Å². The van der Waals surface area contributed by atoms with E-state index in [-0.39, 0.29) is 5.91 Å². The van der Waals surface area contributed by atoms with Crippen LogP contribution in [0, 0.1) is 0 Å². The Kier molecular flexibility index (Phi) is 6.99. The van der Waals surface area contributed by atoms with Crippen LogP contribution < -0.4 is 10.6 Å². The molecule has 1 atom stereocenters. The first-order valence-electron chi connectivity index (χ1n) is 10.1. The Hall–Kier alpha value is -2.73. The van der Waals surface area contributed by atoms with E-state index in [1.54, 1.807) is 0 Å². The summed E-state index contributed by atoms with van der Waals surface area (Å²) in [6.45, 7) is 6.44. The van der Waals surface area contributed by atoms with Crippen molar-refractivity contribution in [2.24, 2.45) is 0 Å². The highest BCUT2D eigenvalue weighted by atomic mass is 32.1. The van der Waals surface area contributed by atoms with Gasteiger partial charge in [-0.3, -0.25) is 4.79 Å². The van der Waals surface area contributed by atoms with E-state index < -0.39 is 0 Å². The standard InChI is InChI=1S/C23H27N3O2S/c1-4-6-7-21(27)26-23(29)24-18-11-8-16(9-12-18)22-25-19-14-17(15(3)5-2)10-13-20(19)28-22/h8-15H,4-7H2,1-3H3,(H2,24,26,27,29)/t15-/m0/s1. The number of aromatic nitrogens is 1. The molecule has 0 unspecified atom stereocenters. The number of fused-ring (bicyclic) bond motifs is 1. The second-order valence-corrected chi connectivity index (χ2v) is 7.65. The Morgan fingerprint density at radius 3 is 2.62 bits per heavy atom. The molecule has 2 aromatic carbocycles. The van der Waals surface area contributed by atoms with Crippen molar-refractivity contribution in [1.82, 2.24) is 10.3 Å². The Morgan fingerprint density at radius 1 is 1.17 bits per heavy atom. The van der Waals surface area contributed by atoms with Gasteiger partial charge in [-0.2, -0.15) is 0 Å². The average Bonchev–Trinajstić information content (AvgIpc) is 3.15. The number of hydrogen-bond acceptors (Lipinski definition) is 4. The van der Waals surface area contributed by atoms with Gasteiger partial charge in [0.2, 0.25) is 11.8 Å². The van der Waals surface area contributed by atoms with Gasteiger partial charge in [-0.15, -0.1) is 0 Å². The number of nitrogens with zero attached hydrogens (tertiary/aromatic N) is 1. The highest BCUT2D eigenvalue weighted by Crippen LogP contribution is 2.28. The first kappa shape index (κ1) is 21.0. The summed E-state index contributed by atoms with van der Waals surface area (Å²) in [5.41, 5.74) is 4.61. The topological polar surface area (TPSA) is 67.2 Å². The number of benzene rings is 2. The van der Waals surface area contributed by atoms with Gasteiger partial charge in [0.05, 0.1) is 0 Å². The van der Waals surface area contributed by atoms with E-state index in [0.717, 1.165) is 41.6 Å². The lowest BCUT2D eigenvalue weighted by molar-refractivity contribution is -0.119. The van der Waals surface area contributed by atoms with Gasteiger partial charge in [0.15, 0.2) is 10.7 Å². The molecule has 3 rings (SSSR count). The van der Waals surface area contributed by atoms with Crippen LogP contribution in [-0.2, 0) is 4.79 Å². The molecular weight excluding hydrogens is 382 g/mol. The molecule has 0 bridgehead atoms. The van der Waals surface area contributed by atoms with Crippen molar-refractivity contribution in [2.75, 3.05) is 5.32 Å². The molecule has 0 saturated heterocycles. The molecule has 0 aliphatic rings. The van der Waals surface area contributed by atoms with E-state index in [9.17, 15) is 4.79 Å². The van der Waals surface area contributed by atoms with Gasteiger partial charge in [0.1, 0.15) is 5.52 Å². The van der Waals surface area contributed by atoms with E-state index in [1.807, 2.05) is 37.3 Å². The molecule has 3 aromatic rings. The minimum Gasteiger partial charge on any atom is -0.436 e. The number of amides is 1. The first-order chi connectivity index (χ1) is 14.0. The third-order valence-electron chi connectivity index (χ3n) is 4.99. The van der Waals surface area contributed by atoms with Crippen molar-refractivity contribution in [1.29, 1.82) is 0 Å². The van der Waals surface area contributed by atoms with E-state index >= 15 is 0 Å². The second-order valence-electron chi connectivity index (χ2n) is 7.24. The number of oxazole rings is 1. The summed E-state index contributed by atoms with van der Waals surface area (Å²) >= 11 is 5.20. The molecule has 152 valence electrons. The molecule has 2 N–H and O–H groups in total. The summed E-state index contributed by atoms with van der Waals surface area (Å²) < 4.78 is 5.92. The van der Waals surface area contributed by atoms with Gasteiger partial charge < -0.3 is 15.1 Å². The van der Waals surface area contributed by atoms with Gasteiger partial charge >= 0.3 is 0 Å². The third-order valence-corrected chi connectivity index (χ3v) is 5.20. The molecule has 1 heterocycles. The molecule has 0 spiro atoms. The number of nitrogens with one attached hydrogen (secondary N) is 2. The molecule has 1 amide bonds. The van der Waals surface area contributed by atoms with E-state index in [0.29, 0.717) is 23.3 Å². The smallest absolute Gasteiger partial charge is 0.227 e. The molecule has 0 aliphatic carbocycles. The van der Waals surface area contributed by atoms with E-state index in [2.05, 4.69) is 41.6 Å². The van der Waals surface area contributed by atoms with Crippen LogP contribution in [0.5, 0.6) is 0 Å². The summed E-state index contributed by atoms with van der Waals surface area (Å²) in [5, 5.41) is 6.03. The predicted octanol–water partition coefficient (Wildman–Crippen LogP) is 6.01. The first-order valence-corrected chi connectivity index (χ1v) is 10.5. The molecular formula is C23H27N3O2S. The zero-order valence-electron chi connectivity index (χ0n) is 17.1. The van der Waals surface area contributed by atoms with Crippen LogP contribution >= 0.6 is 12.2 Å². The third kappa shape index (κ3) is 5.41. The zero-order valence-corrected chi connectivity index (χ0v) is 17.9. The van der Waals surface area contributed by atoms with Gasteiger partial charge in [0, 0.05) is 17.7 Å². The lowest BCUT2D eigenvalue weighted by Gasteiger charge is -2.09. The van der Waals surface area contributed by atoms with Crippen LogP contribution in [0.4, 0.5) is 5.69 Å². The van der Waals surface area contributed by atoms with Crippen LogP contribution in [0.3, 0.4) is 0 Å². The quantitative estimate of drug-likeness (QED) is 0.468.